The molecule has 4 nitrogen and oxygen atoms in total. The van der Waals surface area contributed by atoms with E-state index in [9.17, 15) is 4.79 Å². The molecule has 0 heterocycles. The molecule has 122 valence electrons. The monoisotopic (exact) mass is 313 g/mol. The van der Waals surface area contributed by atoms with Crippen LogP contribution >= 0.6 is 0 Å². The summed E-state index contributed by atoms with van der Waals surface area (Å²) in [6.07, 6.45) is 0. The predicted octanol–water partition coefficient (Wildman–Crippen LogP) is 4.01. The first-order valence-electron chi connectivity index (χ1n) is 7.56. The zero-order valence-corrected chi connectivity index (χ0v) is 14.1. The lowest BCUT2D eigenvalue weighted by atomic mass is 9.87. The Balaban J connectivity index is 1.86. The minimum Gasteiger partial charge on any atom is -0.497 e. The maximum Gasteiger partial charge on any atom is 0.262 e. The molecule has 0 aliphatic heterocycles. The molecule has 2 aromatic carbocycles. The summed E-state index contributed by atoms with van der Waals surface area (Å²) in [5, 5.41) is 2.78. The lowest BCUT2D eigenvalue weighted by molar-refractivity contribution is -0.118. The van der Waals surface area contributed by atoms with E-state index in [1.807, 2.05) is 24.3 Å². The second kappa shape index (κ2) is 7.18. The molecule has 2 rings (SSSR count). The Kier molecular flexibility index (Phi) is 5.27. The van der Waals surface area contributed by atoms with Crippen LogP contribution in [0.15, 0.2) is 48.5 Å². The molecule has 0 spiro atoms. The van der Waals surface area contributed by atoms with Gasteiger partial charge in [-0.25, -0.2) is 0 Å². The second-order valence-corrected chi connectivity index (χ2v) is 6.34. The quantitative estimate of drug-likeness (QED) is 0.907. The van der Waals surface area contributed by atoms with Gasteiger partial charge in [-0.05, 0) is 47.4 Å². The van der Waals surface area contributed by atoms with E-state index in [1.54, 1.807) is 31.4 Å². The maximum absolute atomic E-state index is 11.9. The molecule has 0 atom stereocenters. The van der Waals surface area contributed by atoms with Gasteiger partial charge in [-0.3, -0.25) is 4.79 Å². The third-order valence-electron chi connectivity index (χ3n) is 3.46. The van der Waals surface area contributed by atoms with Crippen LogP contribution in [0.4, 0.5) is 5.69 Å². The SMILES string of the molecule is COc1ccc(NC(=O)COc2ccc(C(C)(C)C)cc2)cc1. The van der Waals surface area contributed by atoms with Gasteiger partial charge < -0.3 is 14.8 Å². The molecular formula is C19H23NO3. The number of rotatable bonds is 5. The van der Waals surface area contributed by atoms with Crippen molar-refractivity contribution in [3.8, 4) is 11.5 Å². The molecule has 0 fully saturated rings. The van der Waals surface area contributed by atoms with Crippen LogP contribution in [0.25, 0.3) is 0 Å². The first-order valence-corrected chi connectivity index (χ1v) is 7.56. The average Bonchev–Trinajstić information content (AvgIpc) is 2.53. The Labute approximate surface area is 137 Å². The summed E-state index contributed by atoms with van der Waals surface area (Å²) < 4.78 is 10.6. The zero-order valence-electron chi connectivity index (χ0n) is 14.1. The first-order chi connectivity index (χ1) is 10.9. The van der Waals surface area contributed by atoms with Gasteiger partial charge in [0.2, 0.25) is 0 Å². The van der Waals surface area contributed by atoms with E-state index < -0.39 is 0 Å². The van der Waals surface area contributed by atoms with E-state index in [4.69, 9.17) is 9.47 Å². The number of benzene rings is 2. The van der Waals surface area contributed by atoms with Gasteiger partial charge in [-0.2, -0.15) is 0 Å². The molecule has 2 aromatic rings. The molecule has 0 bridgehead atoms. The summed E-state index contributed by atoms with van der Waals surface area (Å²) in [7, 11) is 1.60. The van der Waals surface area contributed by atoms with Gasteiger partial charge in [0.25, 0.3) is 5.91 Å². The highest BCUT2D eigenvalue weighted by atomic mass is 16.5. The van der Waals surface area contributed by atoms with Crippen molar-refractivity contribution in [3.05, 3.63) is 54.1 Å². The van der Waals surface area contributed by atoms with Gasteiger partial charge in [0.1, 0.15) is 11.5 Å². The molecule has 0 unspecified atom stereocenters. The van der Waals surface area contributed by atoms with Crippen LogP contribution in [0.3, 0.4) is 0 Å². The van der Waals surface area contributed by atoms with Crippen molar-refractivity contribution in [2.24, 2.45) is 0 Å². The van der Waals surface area contributed by atoms with Crippen molar-refractivity contribution in [2.75, 3.05) is 19.0 Å². The molecule has 1 amide bonds. The van der Waals surface area contributed by atoms with Gasteiger partial charge in [-0.1, -0.05) is 32.9 Å². The minimum atomic E-state index is -0.199. The maximum atomic E-state index is 11.9. The van der Waals surface area contributed by atoms with Crippen LogP contribution in [0.5, 0.6) is 11.5 Å². The highest BCUT2D eigenvalue weighted by molar-refractivity contribution is 5.91. The van der Waals surface area contributed by atoms with E-state index in [1.165, 1.54) is 5.56 Å². The number of anilines is 1. The standard InChI is InChI=1S/C19H23NO3/c1-19(2,3)14-5-9-17(10-6-14)23-13-18(21)20-15-7-11-16(22-4)12-8-15/h5-12H,13H2,1-4H3,(H,20,21). The van der Waals surface area contributed by atoms with E-state index in [0.29, 0.717) is 11.4 Å². The predicted molar refractivity (Wildman–Crippen MR) is 92.3 cm³/mol. The van der Waals surface area contributed by atoms with Crippen molar-refractivity contribution >= 4 is 11.6 Å². The topological polar surface area (TPSA) is 47.6 Å². The van der Waals surface area contributed by atoms with Gasteiger partial charge >= 0.3 is 0 Å². The number of carbonyl (C=O) groups is 1. The molecule has 4 heteroatoms. The molecule has 1 N–H and O–H groups in total. The third-order valence-corrected chi connectivity index (χ3v) is 3.46. The summed E-state index contributed by atoms with van der Waals surface area (Å²) in [4.78, 5) is 11.9. The van der Waals surface area contributed by atoms with Crippen LogP contribution < -0.4 is 14.8 Å². The molecule has 23 heavy (non-hydrogen) atoms. The molecule has 0 aliphatic rings. The van der Waals surface area contributed by atoms with Crippen LogP contribution in [0, 0.1) is 0 Å². The fourth-order valence-electron chi connectivity index (χ4n) is 2.07. The normalized spacial score (nSPS) is 11.0. The van der Waals surface area contributed by atoms with E-state index in [0.717, 1.165) is 5.75 Å². The Morgan fingerprint density at radius 2 is 1.52 bits per heavy atom. The molecule has 0 radical (unpaired) electrons. The smallest absolute Gasteiger partial charge is 0.262 e. The molecular weight excluding hydrogens is 290 g/mol. The number of nitrogens with one attached hydrogen (secondary N) is 1. The zero-order chi connectivity index (χ0) is 16.9. The Bertz CT molecular complexity index is 640. The number of carbonyl (C=O) groups excluding carboxylic acids is 1. The summed E-state index contributed by atoms with van der Waals surface area (Å²) >= 11 is 0. The lowest BCUT2D eigenvalue weighted by Crippen LogP contribution is -2.20. The van der Waals surface area contributed by atoms with Gasteiger partial charge in [0, 0.05) is 5.69 Å². The van der Waals surface area contributed by atoms with Crippen molar-refractivity contribution in [1.82, 2.24) is 0 Å². The fourth-order valence-corrected chi connectivity index (χ4v) is 2.07. The summed E-state index contributed by atoms with van der Waals surface area (Å²) in [5.41, 5.74) is 2.04. The summed E-state index contributed by atoms with van der Waals surface area (Å²) in [6.45, 7) is 6.45. The number of methoxy groups -OCH3 is 1. The largest absolute Gasteiger partial charge is 0.497 e. The van der Waals surface area contributed by atoms with Crippen molar-refractivity contribution < 1.29 is 14.3 Å². The van der Waals surface area contributed by atoms with Crippen LogP contribution in [-0.2, 0) is 10.2 Å². The first kappa shape index (κ1) is 16.9. The van der Waals surface area contributed by atoms with Gasteiger partial charge in [0.15, 0.2) is 6.61 Å². The van der Waals surface area contributed by atoms with Crippen molar-refractivity contribution in [2.45, 2.75) is 26.2 Å². The Hall–Kier alpha value is -2.49. The van der Waals surface area contributed by atoms with E-state index in [2.05, 4.69) is 26.1 Å². The molecule has 0 saturated heterocycles. The highest BCUT2D eigenvalue weighted by Crippen LogP contribution is 2.24. The van der Waals surface area contributed by atoms with Crippen LogP contribution in [0.1, 0.15) is 26.3 Å². The van der Waals surface area contributed by atoms with E-state index in [-0.39, 0.29) is 17.9 Å². The fraction of sp³-hybridized carbons (Fsp3) is 0.316. The van der Waals surface area contributed by atoms with Crippen molar-refractivity contribution in [1.29, 1.82) is 0 Å². The number of ether oxygens (including phenoxy) is 2. The molecule has 0 aromatic heterocycles. The van der Waals surface area contributed by atoms with Gasteiger partial charge in [0.05, 0.1) is 7.11 Å². The third kappa shape index (κ3) is 5.02. The molecule has 0 saturated carbocycles. The number of amides is 1. The Morgan fingerprint density at radius 3 is 2.04 bits per heavy atom. The number of hydrogen-bond donors (Lipinski definition) is 1. The average molecular weight is 313 g/mol. The number of hydrogen-bond acceptors (Lipinski definition) is 3. The molecule has 0 aliphatic carbocycles. The van der Waals surface area contributed by atoms with Crippen molar-refractivity contribution in [3.63, 3.8) is 0 Å². The van der Waals surface area contributed by atoms with Crippen LogP contribution in [-0.4, -0.2) is 19.6 Å². The van der Waals surface area contributed by atoms with Gasteiger partial charge in [-0.15, -0.1) is 0 Å². The summed E-state index contributed by atoms with van der Waals surface area (Å²) in [6, 6.07) is 15.0. The highest BCUT2D eigenvalue weighted by Gasteiger charge is 2.13. The lowest BCUT2D eigenvalue weighted by Gasteiger charge is -2.19. The van der Waals surface area contributed by atoms with Crippen LogP contribution in [0.2, 0.25) is 0 Å². The minimum absolute atomic E-state index is 0.0269. The summed E-state index contributed by atoms with van der Waals surface area (Å²) in [5.74, 6) is 1.23. The second-order valence-electron chi connectivity index (χ2n) is 6.34. The van der Waals surface area contributed by atoms with E-state index >= 15 is 0 Å². The Morgan fingerprint density at radius 1 is 0.957 bits per heavy atom.